The summed E-state index contributed by atoms with van der Waals surface area (Å²) in [5.74, 6) is -1.22. The molecule has 2 saturated heterocycles. The Labute approximate surface area is 243 Å². The van der Waals surface area contributed by atoms with Crippen LogP contribution in [0.15, 0.2) is 39.5 Å². The molecule has 3 heterocycles. The number of benzene rings is 2. The third-order valence-corrected chi connectivity index (χ3v) is 7.68. The van der Waals surface area contributed by atoms with E-state index in [0.29, 0.717) is 5.56 Å². The largest absolute Gasteiger partial charge is 0.508 e. The van der Waals surface area contributed by atoms with Gasteiger partial charge in [0.25, 0.3) is 0 Å². The van der Waals surface area contributed by atoms with Crippen molar-refractivity contribution >= 4 is 11.0 Å². The standard InChI is InChI=1S/C28H32O15/c1-38-22-17(21-16(19(34)24(22)39-2)13(32)7-14(41-21)11-3-5-12(31)6-4-11)23-25(20(35)18(33)15(8-29)42-23)43-27-26(36)28(37,9-30)10-40-27/h3-7,15,18,20,23,25-27,29-31,33-37H,8-10H2,1-2H3/t15-,18-,20+,23+,25-,26-,27+,28-/m1/s1. The molecule has 15 heteroatoms. The van der Waals surface area contributed by atoms with Crippen molar-refractivity contribution in [1.29, 1.82) is 0 Å². The first-order chi connectivity index (χ1) is 20.5. The third-order valence-electron chi connectivity index (χ3n) is 7.68. The minimum atomic E-state index is -2.09. The van der Waals surface area contributed by atoms with E-state index in [1.54, 1.807) is 0 Å². The summed E-state index contributed by atoms with van der Waals surface area (Å²) in [7, 11) is 2.41. The van der Waals surface area contributed by atoms with E-state index in [9.17, 15) is 45.6 Å². The number of ether oxygens (including phenoxy) is 5. The number of fused-ring (bicyclic) bond motifs is 1. The SMILES string of the molecule is COc1c(OC)c(O)c2c(=O)cc(-c3ccc(O)cc3)oc2c1[C@@H]1O[C@H](CO)[C@@H](O)[C@H](O)[C@H]1O[C@@H]1OC[C@](O)(CO)[C@@H]1O. The van der Waals surface area contributed by atoms with E-state index in [4.69, 9.17) is 28.1 Å². The van der Waals surface area contributed by atoms with Crippen molar-refractivity contribution in [2.75, 3.05) is 34.0 Å². The van der Waals surface area contributed by atoms with Gasteiger partial charge in [-0.2, -0.15) is 0 Å². The fraction of sp³-hybridized carbons (Fsp3) is 0.464. The number of methoxy groups -OCH3 is 2. The molecule has 0 aliphatic carbocycles. The van der Waals surface area contributed by atoms with Gasteiger partial charge in [0.2, 0.25) is 5.75 Å². The fourth-order valence-electron chi connectivity index (χ4n) is 5.31. The van der Waals surface area contributed by atoms with E-state index in [2.05, 4.69) is 0 Å². The fourth-order valence-corrected chi connectivity index (χ4v) is 5.31. The first-order valence-corrected chi connectivity index (χ1v) is 13.1. The Morgan fingerprint density at radius 1 is 1.00 bits per heavy atom. The van der Waals surface area contributed by atoms with Crippen molar-refractivity contribution < 1.29 is 69.0 Å². The molecule has 2 aliphatic heterocycles. The second-order valence-electron chi connectivity index (χ2n) is 10.3. The average Bonchev–Trinajstić information content (AvgIpc) is 3.28. The van der Waals surface area contributed by atoms with Crippen LogP contribution in [-0.4, -0.2) is 117 Å². The van der Waals surface area contributed by atoms with Crippen LogP contribution in [0.25, 0.3) is 22.3 Å². The second-order valence-corrected chi connectivity index (χ2v) is 10.3. The Bertz CT molecular complexity index is 1520. The number of aliphatic hydroxyl groups excluding tert-OH is 5. The van der Waals surface area contributed by atoms with E-state index >= 15 is 0 Å². The highest BCUT2D eigenvalue weighted by Gasteiger charge is 2.54. The molecular formula is C28H32O15. The van der Waals surface area contributed by atoms with Crippen molar-refractivity contribution in [2.24, 2.45) is 0 Å². The van der Waals surface area contributed by atoms with Gasteiger partial charge in [-0.3, -0.25) is 4.79 Å². The van der Waals surface area contributed by atoms with Crippen LogP contribution in [0.4, 0.5) is 0 Å². The van der Waals surface area contributed by atoms with Gasteiger partial charge in [-0.1, -0.05) is 0 Å². The number of phenolic OH excluding ortho intramolecular Hbond substituents is 2. The van der Waals surface area contributed by atoms with Crippen LogP contribution in [0.5, 0.6) is 23.0 Å². The first-order valence-electron chi connectivity index (χ1n) is 13.1. The number of phenols is 2. The van der Waals surface area contributed by atoms with E-state index in [1.807, 2.05) is 0 Å². The molecule has 1 aromatic heterocycles. The van der Waals surface area contributed by atoms with Gasteiger partial charge < -0.3 is 69.0 Å². The Morgan fingerprint density at radius 3 is 2.26 bits per heavy atom. The lowest BCUT2D eigenvalue weighted by molar-refractivity contribution is -0.286. The average molecular weight is 609 g/mol. The zero-order valence-electron chi connectivity index (χ0n) is 23.0. The quantitative estimate of drug-likeness (QED) is 0.151. The molecule has 0 bridgehead atoms. The summed E-state index contributed by atoms with van der Waals surface area (Å²) in [4.78, 5) is 13.4. The number of hydrogen-bond acceptors (Lipinski definition) is 15. The third kappa shape index (κ3) is 5.18. The molecule has 0 unspecified atom stereocenters. The number of rotatable bonds is 8. The number of hydrogen-bond donors (Lipinski definition) is 8. The van der Waals surface area contributed by atoms with Crippen LogP contribution in [-0.2, 0) is 14.2 Å². The highest BCUT2D eigenvalue weighted by Crippen LogP contribution is 2.51. The van der Waals surface area contributed by atoms with Gasteiger partial charge in [-0.25, -0.2) is 0 Å². The van der Waals surface area contributed by atoms with E-state index in [-0.39, 0.29) is 39.5 Å². The summed E-state index contributed by atoms with van der Waals surface area (Å²) in [6, 6.07) is 6.79. The second kappa shape index (κ2) is 11.9. The normalized spacial score (nSPS) is 30.9. The lowest BCUT2D eigenvalue weighted by Crippen LogP contribution is -2.58. The maximum absolute atomic E-state index is 13.4. The topological polar surface area (TPSA) is 238 Å². The minimum Gasteiger partial charge on any atom is -0.508 e. The summed E-state index contributed by atoms with van der Waals surface area (Å²) in [5.41, 5.74) is -2.90. The van der Waals surface area contributed by atoms with Gasteiger partial charge >= 0.3 is 0 Å². The maximum atomic E-state index is 13.4. The van der Waals surface area contributed by atoms with Gasteiger partial charge in [-0.15, -0.1) is 0 Å². The van der Waals surface area contributed by atoms with Crippen LogP contribution in [0, 0.1) is 0 Å². The minimum absolute atomic E-state index is 0.000461. The molecule has 0 spiro atoms. The molecule has 15 nitrogen and oxygen atoms in total. The van der Waals surface area contributed by atoms with Gasteiger partial charge in [0, 0.05) is 11.6 Å². The van der Waals surface area contributed by atoms with Crippen LogP contribution in [0.1, 0.15) is 11.7 Å². The first kappa shape index (κ1) is 30.9. The Kier molecular flexibility index (Phi) is 8.54. The molecule has 2 aromatic carbocycles. The van der Waals surface area contributed by atoms with Crippen LogP contribution in [0.2, 0.25) is 0 Å². The summed E-state index contributed by atoms with van der Waals surface area (Å²) >= 11 is 0. The lowest BCUT2D eigenvalue weighted by atomic mass is 9.89. The molecule has 0 saturated carbocycles. The summed E-state index contributed by atoms with van der Waals surface area (Å²) in [5, 5.41) is 82.8. The monoisotopic (exact) mass is 608 g/mol. The maximum Gasteiger partial charge on any atom is 0.204 e. The molecule has 0 amide bonds. The summed E-state index contributed by atoms with van der Waals surface area (Å²) in [6.07, 6.45) is -11.6. The van der Waals surface area contributed by atoms with Crippen LogP contribution >= 0.6 is 0 Å². The molecule has 43 heavy (non-hydrogen) atoms. The summed E-state index contributed by atoms with van der Waals surface area (Å²) in [6.45, 7) is -2.18. The molecule has 8 N–H and O–H groups in total. The highest BCUT2D eigenvalue weighted by atomic mass is 16.7. The van der Waals surface area contributed by atoms with Crippen molar-refractivity contribution in [1.82, 2.24) is 0 Å². The molecular weight excluding hydrogens is 576 g/mol. The van der Waals surface area contributed by atoms with Crippen molar-refractivity contribution in [3.05, 3.63) is 46.1 Å². The van der Waals surface area contributed by atoms with Crippen LogP contribution in [0.3, 0.4) is 0 Å². The molecule has 3 aromatic rings. The Balaban J connectivity index is 1.75. The Morgan fingerprint density at radius 2 is 1.67 bits per heavy atom. The molecule has 0 radical (unpaired) electrons. The van der Waals surface area contributed by atoms with E-state index < -0.39 is 79.5 Å². The van der Waals surface area contributed by atoms with Crippen LogP contribution < -0.4 is 14.9 Å². The predicted octanol–water partition coefficient (Wildman–Crippen LogP) is -1.13. The smallest absolute Gasteiger partial charge is 0.204 e. The van der Waals surface area contributed by atoms with E-state index in [1.165, 1.54) is 38.5 Å². The van der Waals surface area contributed by atoms with Crippen molar-refractivity contribution in [3.8, 4) is 34.3 Å². The summed E-state index contributed by atoms with van der Waals surface area (Å²) < 4.78 is 34.2. The Hall–Kier alpha value is -3.51. The zero-order chi connectivity index (χ0) is 31.2. The van der Waals surface area contributed by atoms with Crippen molar-refractivity contribution in [2.45, 2.75) is 48.5 Å². The van der Waals surface area contributed by atoms with Gasteiger partial charge in [0.15, 0.2) is 28.8 Å². The lowest BCUT2D eigenvalue weighted by Gasteiger charge is -2.43. The molecule has 2 aliphatic rings. The van der Waals surface area contributed by atoms with Gasteiger partial charge in [0.05, 0.1) is 39.6 Å². The molecule has 5 rings (SSSR count). The van der Waals surface area contributed by atoms with Gasteiger partial charge in [0.1, 0.15) is 59.1 Å². The van der Waals surface area contributed by atoms with E-state index in [0.717, 1.165) is 6.07 Å². The zero-order valence-corrected chi connectivity index (χ0v) is 23.0. The number of aliphatic hydroxyl groups is 6. The predicted molar refractivity (Wildman–Crippen MR) is 144 cm³/mol. The van der Waals surface area contributed by atoms with Gasteiger partial charge in [-0.05, 0) is 24.3 Å². The molecule has 8 atom stereocenters. The highest BCUT2D eigenvalue weighted by molar-refractivity contribution is 5.93. The molecule has 2 fully saturated rings. The van der Waals surface area contributed by atoms with Crippen molar-refractivity contribution in [3.63, 3.8) is 0 Å². The molecule has 234 valence electrons. The number of aromatic hydroxyl groups is 2.